The Balaban J connectivity index is 1.85. The van der Waals surface area contributed by atoms with Gasteiger partial charge in [0.1, 0.15) is 6.54 Å². The fraction of sp³-hybridized carbons (Fsp3) is 0.385. The summed E-state index contributed by atoms with van der Waals surface area (Å²) >= 11 is 0. The second-order valence-corrected chi connectivity index (χ2v) is 4.86. The van der Waals surface area contributed by atoms with Gasteiger partial charge in [0.15, 0.2) is 5.58 Å². The molecule has 0 bridgehead atoms. The quantitative estimate of drug-likeness (QED) is 0.746. The molecule has 0 aliphatic carbocycles. The number of aliphatic hydroxyl groups is 2. The molecule has 3 rings (SSSR count). The van der Waals surface area contributed by atoms with E-state index in [-0.39, 0.29) is 25.5 Å². The number of β-amino-alcohol motifs (C(OH)–C–C–N with tert-alkyl or cyclic N) is 2. The van der Waals surface area contributed by atoms with Gasteiger partial charge < -0.3 is 19.5 Å². The van der Waals surface area contributed by atoms with Crippen molar-refractivity contribution in [1.82, 2.24) is 9.47 Å². The summed E-state index contributed by atoms with van der Waals surface area (Å²) in [5, 5.41) is 18.9. The van der Waals surface area contributed by atoms with Gasteiger partial charge in [0.2, 0.25) is 5.91 Å². The number of carbonyl (C=O) groups is 1. The van der Waals surface area contributed by atoms with Crippen molar-refractivity contribution in [3.8, 4) is 0 Å². The van der Waals surface area contributed by atoms with E-state index in [1.54, 1.807) is 24.3 Å². The molecular formula is C13H14N2O5. The Morgan fingerprint density at radius 2 is 1.90 bits per heavy atom. The predicted octanol–water partition coefficient (Wildman–Crippen LogP) is -0.842. The van der Waals surface area contributed by atoms with Crippen LogP contribution in [-0.2, 0) is 11.3 Å². The third kappa shape index (κ3) is 2.10. The SMILES string of the molecule is O=C(Cn1c(=O)oc2ccccc21)N1C[C@@H](O)[C@@H](O)C1. The number of amides is 1. The summed E-state index contributed by atoms with van der Waals surface area (Å²) in [5.41, 5.74) is 0.970. The summed E-state index contributed by atoms with van der Waals surface area (Å²) in [5.74, 6) is -0.936. The van der Waals surface area contributed by atoms with E-state index in [1.807, 2.05) is 0 Å². The summed E-state index contributed by atoms with van der Waals surface area (Å²) in [6, 6.07) is 6.84. The topological polar surface area (TPSA) is 95.9 Å². The molecule has 0 spiro atoms. The largest absolute Gasteiger partial charge is 0.420 e. The van der Waals surface area contributed by atoms with Crippen molar-refractivity contribution in [1.29, 1.82) is 0 Å². The first kappa shape index (κ1) is 12.9. The molecule has 1 fully saturated rings. The molecule has 1 saturated heterocycles. The van der Waals surface area contributed by atoms with Crippen LogP contribution < -0.4 is 5.76 Å². The Labute approximate surface area is 113 Å². The molecule has 7 nitrogen and oxygen atoms in total. The summed E-state index contributed by atoms with van der Waals surface area (Å²) in [4.78, 5) is 25.2. The number of nitrogens with zero attached hydrogens (tertiary/aromatic N) is 2. The highest BCUT2D eigenvalue weighted by molar-refractivity contribution is 5.79. The minimum atomic E-state index is -0.934. The van der Waals surface area contributed by atoms with Gasteiger partial charge in [-0.05, 0) is 12.1 Å². The molecule has 1 amide bonds. The van der Waals surface area contributed by atoms with Crippen LogP contribution in [0.25, 0.3) is 11.1 Å². The minimum Gasteiger partial charge on any atom is -0.408 e. The zero-order valence-corrected chi connectivity index (χ0v) is 10.6. The van der Waals surface area contributed by atoms with E-state index in [2.05, 4.69) is 0 Å². The first-order valence-corrected chi connectivity index (χ1v) is 6.28. The van der Waals surface area contributed by atoms with Crippen molar-refractivity contribution < 1.29 is 19.4 Å². The molecule has 2 atom stereocenters. The van der Waals surface area contributed by atoms with Crippen LogP contribution in [0.1, 0.15) is 0 Å². The second-order valence-electron chi connectivity index (χ2n) is 4.86. The number of hydrogen-bond donors (Lipinski definition) is 2. The fourth-order valence-electron chi connectivity index (χ4n) is 2.37. The fourth-order valence-corrected chi connectivity index (χ4v) is 2.37. The lowest BCUT2D eigenvalue weighted by Gasteiger charge is -2.15. The second kappa shape index (κ2) is 4.77. The highest BCUT2D eigenvalue weighted by Gasteiger charge is 2.32. The number of fused-ring (bicyclic) bond motifs is 1. The first-order chi connectivity index (χ1) is 9.56. The smallest absolute Gasteiger partial charge is 0.408 e. The number of benzene rings is 1. The maximum atomic E-state index is 12.1. The number of aliphatic hydroxyl groups excluding tert-OH is 2. The maximum Gasteiger partial charge on any atom is 0.420 e. The van der Waals surface area contributed by atoms with Crippen LogP contribution in [0, 0.1) is 0 Å². The van der Waals surface area contributed by atoms with Gasteiger partial charge in [-0.1, -0.05) is 12.1 Å². The molecule has 1 aliphatic heterocycles. The predicted molar refractivity (Wildman–Crippen MR) is 69.1 cm³/mol. The average Bonchev–Trinajstić information content (AvgIpc) is 2.91. The van der Waals surface area contributed by atoms with Gasteiger partial charge in [0, 0.05) is 13.1 Å². The number of hydrogen-bond acceptors (Lipinski definition) is 5. The van der Waals surface area contributed by atoms with Gasteiger partial charge >= 0.3 is 5.76 Å². The Morgan fingerprint density at radius 1 is 1.25 bits per heavy atom. The average molecular weight is 278 g/mol. The molecule has 20 heavy (non-hydrogen) atoms. The Hall–Kier alpha value is -2.12. The number of likely N-dealkylation sites (tertiary alicyclic amines) is 1. The lowest BCUT2D eigenvalue weighted by atomic mass is 10.3. The molecule has 0 unspecified atom stereocenters. The third-order valence-corrected chi connectivity index (χ3v) is 3.48. The monoisotopic (exact) mass is 278 g/mol. The van der Waals surface area contributed by atoms with Crippen molar-refractivity contribution in [2.24, 2.45) is 0 Å². The summed E-state index contributed by atoms with van der Waals surface area (Å²) in [6.45, 7) is -0.0235. The Kier molecular flexibility index (Phi) is 3.07. The van der Waals surface area contributed by atoms with Crippen molar-refractivity contribution >= 4 is 17.0 Å². The lowest BCUT2D eigenvalue weighted by molar-refractivity contribution is -0.131. The zero-order valence-electron chi connectivity index (χ0n) is 10.6. The van der Waals surface area contributed by atoms with Crippen molar-refractivity contribution in [3.05, 3.63) is 34.8 Å². The van der Waals surface area contributed by atoms with Crippen LogP contribution >= 0.6 is 0 Å². The molecule has 2 aromatic rings. The van der Waals surface area contributed by atoms with Gasteiger partial charge in [-0.2, -0.15) is 0 Å². The van der Waals surface area contributed by atoms with Crippen LogP contribution in [0.3, 0.4) is 0 Å². The Morgan fingerprint density at radius 3 is 2.60 bits per heavy atom. The van der Waals surface area contributed by atoms with Crippen LogP contribution in [0.15, 0.2) is 33.5 Å². The van der Waals surface area contributed by atoms with E-state index in [0.29, 0.717) is 11.1 Å². The van der Waals surface area contributed by atoms with Crippen molar-refractivity contribution in [2.45, 2.75) is 18.8 Å². The minimum absolute atomic E-state index is 0.0739. The summed E-state index contributed by atoms with van der Waals surface area (Å²) in [7, 11) is 0. The number of carbonyl (C=O) groups excluding carboxylic acids is 1. The van der Waals surface area contributed by atoms with E-state index in [0.717, 1.165) is 0 Å². The van der Waals surface area contributed by atoms with Gasteiger partial charge in [-0.15, -0.1) is 0 Å². The van der Waals surface area contributed by atoms with E-state index < -0.39 is 18.0 Å². The van der Waals surface area contributed by atoms with E-state index in [9.17, 15) is 19.8 Å². The molecule has 1 aromatic heterocycles. The van der Waals surface area contributed by atoms with Crippen LogP contribution in [-0.4, -0.2) is 50.9 Å². The van der Waals surface area contributed by atoms with Gasteiger partial charge in [-0.25, -0.2) is 4.79 Å². The molecule has 2 N–H and O–H groups in total. The van der Waals surface area contributed by atoms with E-state index >= 15 is 0 Å². The molecule has 1 aliphatic rings. The van der Waals surface area contributed by atoms with Crippen molar-refractivity contribution in [3.63, 3.8) is 0 Å². The summed E-state index contributed by atoms with van der Waals surface area (Å²) < 4.78 is 6.29. The molecular weight excluding hydrogens is 264 g/mol. The number of aromatic nitrogens is 1. The van der Waals surface area contributed by atoms with Crippen molar-refractivity contribution in [2.75, 3.05) is 13.1 Å². The molecule has 7 heteroatoms. The third-order valence-electron chi connectivity index (χ3n) is 3.48. The van der Waals surface area contributed by atoms with Gasteiger partial charge in [0.25, 0.3) is 0 Å². The number of oxazole rings is 1. The Bertz CT molecular complexity index is 694. The molecule has 1 aromatic carbocycles. The highest BCUT2D eigenvalue weighted by Crippen LogP contribution is 2.14. The normalized spacial score (nSPS) is 22.6. The van der Waals surface area contributed by atoms with Crippen LogP contribution in [0.5, 0.6) is 0 Å². The lowest BCUT2D eigenvalue weighted by Crippen LogP contribution is -2.34. The maximum absolute atomic E-state index is 12.1. The van der Waals surface area contributed by atoms with E-state index in [1.165, 1.54) is 9.47 Å². The van der Waals surface area contributed by atoms with Gasteiger partial charge in [0.05, 0.1) is 17.7 Å². The number of para-hydroxylation sites is 2. The van der Waals surface area contributed by atoms with Gasteiger partial charge in [-0.3, -0.25) is 9.36 Å². The van der Waals surface area contributed by atoms with E-state index in [4.69, 9.17) is 4.42 Å². The highest BCUT2D eigenvalue weighted by atomic mass is 16.4. The summed E-state index contributed by atoms with van der Waals surface area (Å²) in [6.07, 6.45) is -1.87. The molecule has 0 saturated carbocycles. The zero-order chi connectivity index (χ0) is 14.3. The van der Waals surface area contributed by atoms with Crippen LogP contribution in [0.2, 0.25) is 0 Å². The standard InChI is InChI=1S/C13H14N2O5/c16-9-5-14(6-10(9)17)12(18)7-15-8-3-1-2-4-11(8)20-13(15)19/h1-4,9-10,16-17H,5-7H2/t9-,10+. The molecule has 0 radical (unpaired) electrons. The number of rotatable bonds is 2. The molecule has 106 valence electrons. The first-order valence-electron chi connectivity index (χ1n) is 6.28. The molecule has 2 heterocycles. The van der Waals surface area contributed by atoms with Crippen LogP contribution in [0.4, 0.5) is 0 Å².